The number of anilines is 2. The number of hydrogen-bond acceptors (Lipinski definition) is 8. The summed E-state index contributed by atoms with van der Waals surface area (Å²) in [6, 6.07) is 17.9. The lowest BCUT2D eigenvalue weighted by Crippen LogP contribution is -2.47. The monoisotopic (exact) mass is 414 g/mol. The standard InChI is InChI=1S/C23H22N6O2/c1-30-19-9-7-18(8-10-19)28-11-13-29(14-12-28)22-20(15-24-16-25-22)23-26-21(27-31-23)17-5-3-2-4-6-17/h2-10,15-16H,11-14H2,1H3. The Hall–Kier alpha value is -3.94. The lowest BCUT2D eigenvalue weighted by atomic mass is 10.2. The minimum atomic E-state index is 0.423. The Bertz CT molecular complexity index is 1140. The highest BCUT2D eigenvalue weighted by molar-refractivity contribution is 5.70. The molecular formula is C23H22N6O2. The average Bonchev–Trinajstić information content (AvgIpc) is 3.35. The molecule has 0 amide bonds. The number of hydrogen-bond donors (Lipinski definition) is 0. The summed E-state index contributed by atoms with van der Waals surface area (Å²) in [7, 11) is 1.68. The molecule has 8 nitrogen and oxygen atoms in total. The van der Waals surface area contributed by atoms with Crippen molar-refractivity contribution in [2.45, 2.75) is 0 Å². The van der Waals surface area contributed by atoms with E-state index in [1.54, 1.807) is 19.6 Å². The second-order valence-electron chi connectivity index (χ2n) is 7.22. The zero-order chi connectivity index (χ0) is 21.0. The van der Waals surface area contributed by atoms with Crippen LogP contribution < -0.4 is 14.5 Å². The van der Waals surface area contributed by atoms with Gasteiger partial charge in [0.2, 0.25) is 5.82 Å². The smallest absolute Gasteiger partial charge is 0.263 e. The van der Waals surface area contributed by atoms with E-state index in [0.29, 0.717) is 11.7 Å². The van der Waals surface area contributed by atoms with Crippen LogP contribution in [0.4, 0.5) is 11.5 Å². The van der Waals surface area contributed by atoms with Gasteiger partial charge in [-0.05, 0) is 24.3 Å². The molecule has 1 aliphatic heterocycles. The summed E-state index contributed by atoms with van der Waals surface area (Å²) in [5.41, 5.74) is 2.84. The number of methoxy groups -OCH3 is 1. The van der Waals surface area contributed by atoms with Crippen LogP contribution in [0.15, 0.2) is 71.6 Å². The third kappa shape index (κ3) is 3.92. The first kappa shape index (κ1) is 19.0. The lowest BCUT2D eigenvalue weighted by Gasteiger charge is -2.37. The third-order valence-electron chi connectivity index (χ3n) is 5.40. The first-order valence-corrected chi connectivity index (χ1v) is 10.2. The number of ether oxygens (including phenoxy) is 1. The summed E-state index contributed by atoms with van der Waals surface area (Å²) < 4.78 is 10.8. The first-order valence-electron chi connectivity index (χ1n) is 10.2. The molecule has 156 valence electrons. The van der Waals surface area contributed by atoms with Crippen molar-refractivity contribution in [3.05, 3.63) is 67.1 Å². The van der Waals surface area contributed by atoms with E-state index in [1.165, 1.54) is 5.69 Å². The molecule has 0 spiro atoms. The Morgan fingerprint density at radius 3 is 2.39 bits per heavy atom. The summed E-state index contributed by atoms with van der Waals surface area (Å²) >= 11 is 0. The Balaban J connectivity index is 1.34. The first-order chi connectivity index (χ1) is 15.3. The number of piperazine rings is 1. The molecule has 0 unspecified atom stereocenters. The SMILES string of the molecule is COc1ccc(N2CCN(c3ncncc3-c3nc(-c4ccccc4)no3)CC2)cc1. The molecule has 0 aliphatic carbocycles. The average molecular weight is 414 g/mol. The quantitative estimate of drug-likeness (QED) is 0.491. The number of benzene rings is 2. The zero-order valence-corrected chi connectivity index (χ0v) is 17.2. The van der Waals surface area contributed by atoms with Gasteiger partial charge in [0.05, 0.1) is 7.11 Å². The van der Waals surface area contributed by atoms with Crippen molar-refractivity contribution in [1.82, 2.24) is 20.1 Å². The molecule has 31 heavy (non-hydrogen) atoms. The van der Waals surface area contributed by atoms with Gasteiger partial charge in [0.15, 0.2) is 0 Å². The van der Waals surface area contributed by atoms with Crippen LogP contribution in [0.3, 0.4) is 0 Å². The normalized spacial score (nSPS) is 14.0. The molecule has 0 atom stereocenters. The molecule has 8 heteroatoms. The number of nitrogens with zero attached hydrogens (tertiary/aromatic N) is 6. The molecule has 2 aromatic heterocycles. The fraction of sp³-hybridized carbons (Fsp3) is 0.217. The molecule has 0 radical (unpaired) electrons. The molecule has 4 aromatic rings. The third-order valence-corrected chi connectivity index (χ3v) is 5.40. The maximum absolute atomic E-state index is 5.56. The fourth-order valence-corrected chi connectivity index (χ4v) is 3.73. The molecule has 1 saturated heterocycles. The van der Waals surface area contributed by atoms with Crippen molar-refractivity contribution in [2.24, 2.45) is 0 Å². The molecule has 3 heterocycles. The molecule has 1 aliphatic rings. The van der Waals surface area contributed by atoms with Gasteiger partial charge in [0.1, 0.15) is 23.5 Å². The maximum atomic E-state index is 5.56. The van der Waals surface area contributed by atoms with Crippen LogP contribution in [0.5, 0.6) is 5.75 Å². The van der Waals surface area contributed by atoms with Crippen molar-refractivity contribution in [1.29, 1.82) is 0 Å². The van der Waals surface area contributed by atoms with Gasteiger partial charge in [0, 0.05) is 43.6 Å². The van der Waals surface area contributed by atoms with E-state index in [-0.39, 0.29) is 0 Å². The van der Waals surface area contributed by atoms with Gasteiger partial charge >= 0.3 is 0 Å². The van der Waals surface area contributed by atoms with E-state index in [4.69, 9.17) is 9.26 Å². The van der Waals surface area contributed by atoms with Gasteiger partial charge in [-0.3, -0.25) is 0 Å². The highest BCUT2D eigenvalue weighted by Crippen LogP contribution is 2.30. The van der Waals surface area contributed by atoms with Gasteiger partial charge in [-0.1, -0.05) is 35.5 Å². The lowest BCUT2D eigenvalue weighted by molar-refractivity contribution is 0.415. The van der Waals surface area contributed by atoms with Gasteiger partial charge in [0.25, 0.3) is 5.89 Å². The molecule has 0 bridgehead atoms. The summed E-state index contributed by atoms with van der Waals surface area (Å²) in [4.78, 5) is 17.9. The van der Waals surface area contributed by atoms with Crippen LogP contribution in [-0.4, -0.2) is 53.4 Å². The number of aromatic nitrogens is 4. The second-order valence-corrected chi connectivity index (χ2v) is 7.22. The number of rotatable bonds is 5. The van der Waals surface area contributed by atoms with E-state index >= 15 is 0 Å². The molecule has 0 saturated carbocycles. The van der Waals surface area contributed by atoms with Crippen LogP contribution >= 0.6 is 0 Å². The van der Waals surface area contributed by atoms with Gasteiger partial charge in [-0.15, -0.1) is 0 Å². The molecule has 2 aromatic carbocycles. The highest BCUT2D eigenvalue weighted by Gasteiger charge is 2.23. The predicted molar refractivity (Wildman–Crippen MR) is 118 cm³/mol. The maximum Gasteiger partial charge on any atom is 0.263 e. The van der Waals surface area contributed by atoms with Crippen LogP contribution in [0, 0.1) is 0 Å². The van der Waals surface area contributed by atoms with E-state index < -0.39 is 0 Å². The van der Waals surface area contributed by atoms with E-state index in [9.17, 15) is 0 Å². The summed E-state index contributed by atoms with van der Waals surface area (Å²) in [5, 5.41) is 4.14. The van der Waals surface area contributed by atoms with Crippen LogP contribution in [0.2, 0.25) is 0 Å². The molecule has 1 fully saturated rings. The highest BCUT2D eigenvalue weighted by atomic mass is 16.5. The molecular weight excluding hydrogens is 392 g/mol. The summed E-state index contributed by atoms with van der Waals surface area (Å²) in [6.45, 7) is 3.43. The molecule has 0 N–H and O–H groups in total. The topological polar surface area (TPSA) is 80.4 Å². The van der Waals surface area contributed by atoms with Crippen molar-refractivity contribution >= 4 is 11.5 Å². The largest absolute Gasteiger partial charge is 0.497 e. The van der Waals surface area contributed by atoms with E-state index in [2.05, 4.69) is 42.0 Å². The molecule has 5 rings (SSSR count). The van der Waals surface area contributed by atoms with Crippen molar-refractivity contribution in [3.63, 3.8) is 0 Å². The van der Waals surface area contributed by atoms with Gasteiger partial charge in [-0.2, -0.15) is 4.98 Å². The minimum Gasteiger partial charge on any atom is -0.497 e. The van der Waals surface area contributed by atoms with Crippen molar-refractivity contribution in [3.8, 4) is 28.6 Å². The Morgan fingerprint density at radius 1 is 0.903 bits per heavy atom. The Kier molecular flexibility index (Phi) is 5.18. The Morgan fingerprint density at radius 2 is 1.65 bits per heavy atom. The zero-order valence-electron chi connectivity index (χ0n) is 17.2. The fourth-order valence-electron chi connectivity index (χ4n) is 3.73. The van der Waals surface area contributed by atoms with Gasteiger partial charge in [-0.25, -0.2) is 9.97 Å². The van der Waals surface area contributed by atoms with Gasteiger partial charge < -0.3 is 19.1 Å². The second kappa shape index (κ2) is 8.43. The predicted octanol–water partition coefficient (Wildman–Crippen LogP) is 3.53. The van der Waals surface area contributed by atoms with Crippen LogP contribution in [0.25, 0.3) is 22.8 Å². The summed E-state index contributed by atoms with van der Waals surface area (Å²) in [5.74, 6) is 2.65. The summed E-state index contributed by atoms with van der Waals surface area (Å²) in [6.07, 6.45) is 3.30. The van der Waals surface area contributed by atoms with E-state index in [1.807, 2.05) is 42.5 Å². The minimum absolute atomic E-state index is 0.423. The van der Waals surface area contributed by atoms with Crippen molar-refractivity contribution in [2.75, 3.05) is 43.1 Å². The van der Waals surface area contributed by atoms with Crippen LogP contribution in [-0.2, 0) is 0 Å². The van der Waals surface area contributed by atoms with Crippen LogP contribution in [0.1, 0.15) is 0 Å². The Labute approximate surface area is 180 Å². The van der Waals surface area contributed by atoms with Crippen molar-refractivity contribution < 1.29 is 9.26 Å². The van der Waals surface area contributed by atoms with E-state index in [0.717, 1.165) is 48.9 Å².